The lowest BCUT2D eigenvalue weighted by atomic mass is 9.78. The van der Waals surface area contributed by atoms with Gasteiger partial charge in [-0.05, 0) is 81.5 Å². The number of aldehydes is 1. The molecule has 0 amide bonds. The Morgan fingerprint density at radius 1 is 0.800 bits per heavy atom. The Balaban J connectivity index is 1.65. The van der Waals surface area contributed by atoms with Crippen LogP contribution in [0.25, 0.3) is 0 Å². The first-order valence-corrected chi connectivity index (χ1v) is 8.93. The third-order valence-corrected chi connectivity index (χ3v) is 5.71. The zero-order valence-electron chi connectivity index (χ0n) is 13.2. The largest absolute Gasteiger partial charge is 0.303 e. The van der Waals surface area contributed by atoms with Crippen LogP contribution >= 0.6 is 0 Å². The van der Waals surface area contributed by atoms with E-state index in [0.29, 0.717) is 0 Å². The minimum absolute atomic E-state index is 0.770. The van der Waals surface area contributed by atoms with Gasteiger partial charge in [-0.3, -0.25) is 0 Å². The van der Waals surface area contributed by atoms with E-state index in [4.69, 9.17) is 0 Å². The molecule has 0 heterocycles. The van der Waals surface area contributed by atoms with Gasteiger partial charge in [-0.2, -0.15) is 0 Å². The van der Waals surface area contributed by atoms with E-state index < -0.39 is 0 Å². The van der Waals surface area contributed by atoms with Crippen molar-refractivity contribution in [3.05, 3.63) is 12.2 Å². The molecular formula is C19H32O. The van der Waals surface area contributed by atoms with Crippen LogP contribution in [0.3, 0.4) is 0 Å². The van der Waals surface area contributed by atoms with Crippen LogP contribution in [-0.2, 0) is 4.79 Å². The molecule has 0 aromatic heterocycles. The SMILES string of the molecule is CC[C@H]1CC[C@H](/C=C/C2CCC(CCC=O)CC2)CC1. The zero-order valence-corrected chi connectivity index (χ0v) is 13.2. The van der Waals surface area contributed by atoms with E-state index in [-0.39, 0.29) is 0 Å². The van der Waals surface area contributed by atoms with Crippen LogP contribution in [-0.4, -0.2) is 6.29 Å². The van der Waals surface area contributed by atoms with Gasteiger partial charge < -0.3 is 4.79 Å². The molecule has 2 rings (SSSR count). The predicted octanol–water partition coefficient (Wildman–Crippen LogP) is 5.54. The maximum absolute atomic E-state index is 10.4. The smallest absolute Gasteiger partial charge is 0.120 e. The first-order valence-electron chi connectivity index (χ1n) is 8.93. The van der Waals surface area contributed by atoms with Gasteiger partial charge in [0.2, 0.25) is 0 Å². The Kier molecular flexibility index (Phi) is 6.82. The van der Waals surface area contributed by atoms with Crippen LogP contribution in [0, 0.1) is 23.7 Å². The van der Waals surface area contributed by atoms with E-state index in [9.17, 15) is 4.79 Å². The van der Waals surface area contributed by atoms with Gasteiger partial charge >= 0.3 is 0 Å². The Labute approximate surface area is 125 Å². The van der Waals surface area contributed by atoms with E-state index in [1.54, 1.807) is 0 Å². The first-order chi connectivity index (χ1) is 9.81. The molecule has 0 bridgehead atoms. The van der Waals surface area contributed by atoms with Crippen molar-refractivity contribution >= 4 is 6.29 Å². The first kappa shape index (κ1) is 15.8. The van der Waals surface area contributed by atoms with Crippen LogP contribution in [0.15, 0.2) is 12.2 Å². The van der Waals surface area contributed by atoms with Crippen molar-refractivity contribution in [1.82, 2.24) is 0 Å². The summed E-state index contributed by atoms with van der Waals surface area (Å²) in [5.74, 6) is 3.52. The number of rotatable bonds is 6. The second-order valence-corrected chi connectivity index (χ2v) is 7.10. The van der Waals surface area contributed by atoms with Gasteiger partial charge in [0.05, 0.1) is 0 Å². The molecule has 0 radical (unpaired) electrons. The van der Waals surface area contributed by atoms with Gasteiger partial charge in [-0.25, -0.2) is 0 Å². The fourth-order valence-corrected chi connectivity index (χ4v) is 4.08. The number of carbonyl (C=O) groups is 1. The molecule has 2 fully saturated rings. The van der Waals surface area contributed by atoms with Gasteiger partial charge in [0.25, 0.3) is 0 Å². The summed E-state index contributed by atoms with van der Waals surface area (Å²) in [4.78, 5) is 10.4. The average Bonchev–Trinajstić information content (AvgIpc) is 2.52. The molecule has 0 unspecified atom stereocenters. The standard InChI is InChI=1S/C19H32O/c1-2-16-5-7-18(8-6-16)13-14-19-11-9-17(10-12-19)4-3-15-20/h13-19H,2-12H2,1H3/b14-13+/t16-,17?,18-,19?. The third kappa shape index (κ3) is 5.07. The molecule has 1 nitrogen and oxygen atoms in total. The summed E-state index contributed by atoms with van der Waals surface area (Å²) in [5.41, 5.74) is 0. The van der Waals surface area contributed by atoms with Crippen molar-refractivity contribution in [1.29, 1.82) is 0 Å². The lowest BCUT2D eigenvalue weighted by Crippen LogP contribution is -2.15. The summed E-state index contributed by atoms with van der Waals surface area (Å²) in [6, 6.07) is 0. The second-order valence-electron chi connectivity index (χ2n) is 7.10. The molecule has 0 spiro atoms. The minimum atomic E-state index is 0.770. The molecule has 2 aliphatic rings. The third-order valence-electron chi connectivity index (χ3n) is 5.71. The van der Waals surface area contributed by atoms with Crippen LogP contribution in [0.5, 0.6) is 0 Å². The molecule has 20 heavy (non-hydrogen) atoms. The van der Waals surface area contributed by atoms with E-state index >= 15 is 0 Å². The maximum atomic E-state index is 10.4. The van der Waals surface area contributed by atoms with E-state index in [0.717, 1.165) is 42.8 Å². The normalized spacial score (nSPS) is 35.2. The van der Waals surface area contributed by atoms with Gasteiger partial charge in [0.15, 0.2) is 0 Å². The predicted molar refractivity (Wildman–Crippen MR) is 85.6 cm³/mol. The Morgan fingerprint density at radius 2 is 1.30 bits per heavy atom. The van der Waals surface area contributed by atoms with E-state index in [1.165, 1.54) is 57.8 Å². The summed E-state index contributed by atoms with van der Waals surface area (Å²) in [7, 11) is 0. The van der Waals surface area contributed by atoms with Gasteiger partial charge in [-0.15, -0.1) is 0 Å². The van der Waals surface area contributed by atoms with E-state index in [2.05, 4.69) is 19.1 Å². The average molecular weight is 276 g/mol. The van der Waals surface area contributed by atoms with Crippen molar-refractivity contribution in [2.75, 3.05) is 0 Å². The number of carbonyl (C=O) groups excluding carboxylic acids is 1. The maximum Gasteiger partial charge on any atom is 0.120 e. The lowest BCUT2D eigenvalue weighted by molar-refractivity contribution is -0.108. The molecule has 1 heteroatoms. The van der Waals surface area contributed by atoms with Crippen LogP contribution in [0.2, 0.25) is 0 Å². The topological polar surface area (TPSA) is 17.1 Å². The highest BCUT2D eigenvalue weighted by atomic mass is 16.1. The minimum Gasteiger partial charge on any atom is -0.303 e. The Hall–Kier alpha value is -0.590. The van der Waals surface area contributed by atoms with Crippen molar-refractivity contribution in [2.45, 2.75) is 77.6 Å². The fourth-order valence-electron chi connectivity index (χ4n) is 4.08. The van der Waals surface area contributed by atoms with Crippen LogP contribution in [0.1, 0.15) is 77.6 Å². The summed E-state index contributed by atoms with van der Waals surface area (Å²) in [6.07, 6.45) is 20.6. The highest BCUT2D eigenvalue weighted by molar-refractivity contribution is 5.49. The summed E-state index contributed by atoms with van der Waals surface area (Å²) >= 11 is 0. The fraction of sp³-hybridized carbons (Fsp3) is 0.842. The zero-order chi connectivity index (χ0) is 14.2. The van der Waals surface area contributed by atoms with Gasteiger partial charge in [0.1, 0.15) is 6.29 Å². The molecule has 0 aromatic rings. The molecule has 114 valence electrons. The highest BCUT2D eigenvalue weighted by Crippen LogP contribution is 2.34. The highest BCUT2D eigenvalue weighted by Gasteiger charge is 2.21. The number of hydrogen-bond acceptors (Lipinski definition) is 1. The molecule has 0 N–H and O–H groups in total. The van der Waals surface area contributed by atoms with Crippen molar-refractivity contribution in [3.63, 3.8) is 0 Å². The molecule has 2 aliphatic carbocycles. The van der Waals surface area contributed by atoms with Crippen molar-refractivity contribution < 1.29 is 4.79 Å². The second kappa shape index (κ2) is 8.64. The van der Waals surface area contributed by atoms with Gasteiger partial charge in [0, 0.05) is 6.42 Å². The quantitative estimate of drug-likeness (QED) is 0.459. The Morgan fingerprint density at radius 3 is 1.75 bits per heavy atom. The van der Waals surface area contributed by atoms with Crippen LogP contribution in [0.4, 0.5) is 0 Å². The molecule has 0 aromatic carbocycles. The van der Waals surface area contributed by atoms with E-state index in [1.807, 2.05) is 0 Å². The van der Waals surface area contributed by atoms with Crippen molar-refractivity contribution in [2.24, 2.45) is 23.7 Å². The lowest BCUT2D eigenvalue weighted by Gasteiger charge is -2.28. The summed E-state index contributed by atoms with van der Waals surface area (Å²) < 4.78 is 0. The molecular weight excluding hydrogens is 244 g/mol. The van der Waals surface area contributed by atoms with Gasteiger partial charge in [-0.1, -0.05) is 25.5 Å². The molecule has 0 saturated heterocycles. The Bertz CT molecular complexity index is 291. The van der Waals surface area contributed by atoms with Crippen molar-refractivity contribution in [3.8, 4) is 0 Å². The number of hydrogen-bond donors (Lipinski definition) is 0. The molecule has 0 atom stereocenters. The number of allylic oxidation sites excluding steroid dienone is 2. The molecule has 2 saturated carbocycles. The molecule has 0 aliphatic heterocycles. The monoisotopic (exact) mass is 276 g/mol. The van der Waals surface area contributed by atoms with Crippen LogP contribution < -0.4 is 0 Å². The summed E-state index contributed by atoms with van der Waals surface area (Å²) in [5, 5.41) is 0. The summed E-state index contributed by atoms with van der Waals surface area (Å²) in [6.45, 7) is 2.34.